The standard InChI is InChI=1S/C17H24N2O.ClH/c1-14(2)16(5,19)15(3,4)17(14,6)20-13-10-8-7-9-12(13)11-18;/h7-10H,19H2,1-6H3;1H. The van der Waals surface area contributed by atoms with Crippen LogP contribution in [-0.2, 0) is 0 Å². The van der Waals surface area contributed by atoms with Gasteiger partial charge in [-0.15, -0.1) is 12.4 Å². The molecule has 0 atom stereocenters. The normalized spacial score (nSPS) is 32.3. The van der Waals surface area contributed by atoms with Crippen molar-refractivity contribution in [1.82, 2.24) is 0 Å². The fourth-order valence-corrected chi connectivity index (χ4v) is 3.61. The molecule has 0 heterocycles. The highest BCUT2D eigenvalue weighted by Crippen LogP contribution is 2.68. The summed E-state index contributed by atoms with van der Waals surface area (Å²) >= 11 is 0. The highest BCUT2D eigenvalue weighted by atomic mass is 35.5. The first kappa shape index (κ1) is 17.8. The average Bonchev–Trinajstić information content (AvgIpc) is 2.37. The summed E-state index contributed by atoms with van der Waals surface area (Å²) in [4.78, 5) is 0. The zero-order valence-corrected chi connectivity index (χ0v) is 14.5. The maximum Gasteiger partial charge on any atom is 0.137 e. The van der Waals surface area contributed by atoms with Crippen LogP contribution < -0.4 is 10.5 Å². The predicted octanol–water partition coefficient (Wildman–Crippen LogP) is 3.90. The summed E-state index contributed by atoms with van der Waals surface area (Å²) in [7, 11) is 0. The molecule has 1 aromatic carbocycles. The molecule has 1 aliphatic rings. The second-order valence-electron chi connectivity index (χ2n) is 7.20. The number of benzene rings is 1. The van der Waals surface area contributed by atoms with Gasteiger partial charge in [0, 0.05) is 16.4 Å². The van der Waals surface area contributed by atoms with Crippen LogP contribution in [-0.4, -0.2) is 11.1 Å². The Kier molecular flexibility index (Phi) is 4.15. The summed E-state index contributed by atoms with van der Waals surface area (Å²) in [5, 5.41) is 9.21. The molecule has 1 fully saturated rings. The fourth-order valence-electron chi connectivity index (χ4n) is 3.61. The first-order valence-corrected chi connectivity index (χ1v) is 7.00. The topological polar surface area (TPSA) is 59.0 Å². The zero-order chi connectivity index (χ0) is 15.4. The van der Waals surface area contributed by atoms with Crippen LogP contribution >= 0.6 is 12.4 Å². The average molecular weight is 309 g/mol. The van der Waals surface area contributed by atoms with Crippen molar-refractivity contribution in [2.24, 2.45) is 16.6 Å². The molecule has 2 rings (SSSR count). The molecule has 0 spiro atoms. The number of nitriles is 1. The zero-order valence-electron chi connectivity index (χ0n) is 13.7. The van der Waals surface area contributed by atoms with E-state index in [1.165, 1.54) is 0 Å². The number of rotatable bonds is 2. The molecule has 0 radical (unpaired) electrons. The highest BCUT2D eigenvalue weighted by molar-refractivity contribution is 5.85. The van der Waals surface area contributed by atoms with Crippen molar-refractivity contribution >= 4 is 12.4 Å². The smallest absolute Gasteiger partial charge is 0.137 e. The van der Waals surface area contributed by atoms with Gasteiger partial charge < -0.3 is 10.5 Å². The molecule has 0 saturated heterocycles. The second kappa shape index (κ2) is 4.90. The molecular formula is C17H25ClN2O. The second-order valence-corrected chi connectivity index (χ2v) is 7.20. The minimum atomic E-state index is -0.434. The predicted molar refractivity (Wildman–Crippen MR) is 87.6 cm³/mol. The monoisotopic (exact) mass is 308 g/mol. The highest BCUT2D eigenvalue weighted by Gasteiger charge is 2.76. The number of nitrogens with zero attached hydrogens (tertiary/aromatic N) is 1. The molecule has 3 nitrogen and oxygen atoms in total. The van der Waals surface area contributed by atoms with Crippen molar-refractivity contribution in [2.75, 3.05) is 0 Å². The largest absolute Gasteiger partial charge is 0.485 e. The Labute approximate surface area is 133 Å². The van der Waals surface area contributed by atoms with Crippen molar-refractivity contribution in [1.29, 1.82) is 5.26 Å². The van der Waals surface area contributed by atoms with Crippen LogP contribution in [0.5, 0.6) is 5.75 Å². The van der Waals surface area contributed by atoms with Gasteiger partial charge in [0.25, 0.3) is 0 Å². The van der Waals surface area contributed by atoms with Crippen LogP contribution in [0.4, 0.5) is 0 Å². The SMILES string of the molecule is CC1(C)C(C)(N)C(C)(C)C1(C)Oc1ccccc1C#N.Cl. The molecule has 2 N–H and O–H groups in total. The molecule has 4 heteroatoms. The lowest BCUT2D eigenvalue weighted by Crippen LogP contribution is -2.86. The Morgan fingerprint density at radius 1 is 1.00 bits per heavy atom. The number of hydrogen-bond acceptors (Lipinski definition) is 3. The molecule has 0 amide bonds. The number of halogens is 1. The van der Waals surface area contributed by atoms with E-state index in [0.717, 1.165) is 0 Å². The molecule has 0 unspecified atom stereocenters. The number of ether oxygens (including phenoxy) is 1. The third kappa shape index (κ3) is 1.89. The van der Waals surface area contributed by atoms with Gasteiger partial charge >= 0.3 is 0 Å². The molecular weight excluding hydrogens is 284 g/mol. The van der Waals surface area contributed by atoms with E-state index in [4.69, 9.17) is 10.5 Å². The van der Waals surface area contributed by atoms with Gasteiger partial charge in [-0.2, -0.15) is 5.26 Å². The summed E-state index contributed by atoms with van der Waals surface area (Å²) in [6.45, 7) is 12.7. The van der Waals surface area contributed by atoms with E-state index in [0.29, 0.717) is 11.3 Å². The Morgan fingerprint density at radius 3 is 1.95 bits per heavy atom. The lowest BCUT2D eigenvalue weighted by atomic mass is 9.35. The van der Waals surface area contributed by atoms with Gasteiger partial charge in [0.2, 0.25) is 0 Å². The van der Waals surface area contributed by atoms with Crippen molar-refractivity contribution in [3.05, 3.63) is 29.8 Å². The van der Waals surface area contributed by atoms with Crippen LogP contribution in [0.25, 0.3) is 0 Å². The first-order valence-electron chi connectivity index (χ1n) is 7.00. The Bertz CT molecular complexity index is 567. The first-order chi connectivity index (χ1) is 9.03. The van der Waals surface area contributed by atoms with Crippen LogP contribution in [0.2, 0.25) is 0 Å². The third-order valence-corrected chi connectivity index (χ3v) is 6.30. The van der Waals surface area contributed by atoms with E-state index in [1.54, 1.807) is 6.07 Å². The van der Waals surface area contributed by atoms with Gasteiger partial charge in [-0.1, -0.05) is 39.8 Å². The van der Waals surface area contributed by atoms with Crippen LogP contribution in [0.15, 0.2) is 24.3 Å². The van der Waals surface area contributed by atoms with Gasteiger partial charge in [0.05, 0.1) is 5.56 Å². The van der Waals surface area contributed by atoms with Crippen LogP contribution in [0.1, 0.15) is 47.1 Å². The van der Waals surface area contributed by atoms with Crippen LogP contribution in [0.3, 0.4) is 0 Å². The summed E-state index contributed by atoms with van der Waals surface area (Å²) in [6.07, 6.45) is 0. The van der Waals surface area contributed by atoms with E-state index < -0.39 is 5.60 Å². The van der Waals surface area contributed by atoms with E-state index in [2.05, 4.69) is 47.6 Å². The van der Waals surface area contributed by atoms with Gasteiger partial charge in [-0.25, -0.2) is 0 Å². The molecule has 1 saturated carbocycles. The van der Waals surface area contributed by atoms with Crippen LogP contribution in [0, 0.1) is 22.2 Å². The maximum atomic E-state index is 9.21. The lowest BCUT2D eigenvalue weighted by molar-refractivity contribution is -0.276. The van der Waals surface area contributed by atoms with Crippen molar-refractivity contribution in [3.8, 4) is 11.8 Å². The number of nitrogens with two attached hydrogens (primary N) is 1. The van der Waals surface area contributed by atoms with Gasteiger partial charge in [-0.05, 0) is 26.0 Å². The number of para-hydroxylation sites is 1. The third-order valence-electron chi connectivity index (χ3n) is 6.30. The van der Waals surface area contributed by atoms with E-state index in [9.17, 15) is 5.26 Å². The molecule has 1 aromatic rings. The van der Waals surface area contributed by atoms with E-state index >= 15 is 0 Å². The van der Waals surface area contributed by atoms with E-state index in [-0.39, 0.29) is 28.8 Å². The quantitative estimate of drug-likeness (QED) is 0.901. The summed E-state index contributed by atoms with van der Waals surface area (Å²) in [6, 6.07) is 9.55. The van der Waals surface area contributed by atoms with E-state index in [1.807, 2.05) is 18.2 Å². The van der Waals surface area contributed by atoms with Gasteiger partial charge in [0.15, 0.2) is 0 Å². The molecule has 0 aromatic heterocycles. The van der Waals surface area contributed by atoms with Crippen molar-refractivity contribution < 1.29 is 4.74 Å². The molecule has 21 heavy (non-hydrogen) atoms. The summed E-state index contributed by atoms with van der Waals surface area (Å²) < 4.78 is 6.32. The Hall–Kier alpha value is -1.24. The minimum Gasteiger partial charge on any atom is -0.485 e. The molecule has 1 aliphatic carbocycles. The van der Waals surface area contributed by atoms with Gasteiger partial charge in [-0.3, -0.25) is 0 Å². The molecule has 116 valence electrons. The van der Waals surface area contributed by atoms with Gasteiger partial charge in [0.1, 0.15) is 17.4 Å². The molecule has 0 aliphatic heterocycles. The Morgan fingerprint density at radius 2 is 1.48 bits per heavy atom. The Balaban J connectivity index is 0.00000220. The minimum absolute atomic E-state index is 0. The lowest BCUT2D eigenvalue weighted by Gasteiger charge is -2.75. The van der Waals surface area contributed by atoms with Crippen molar-refractivity contribution in [2.45, 2.75) is 52.7 Å². The number of hydrogen-bond donors (Lipinski definition) is 1. The summed E-state index contributed by atoms with van der Waals surface area (Å²) in [5.41, 5.74) is 5.92. The maximum absolute atomic E-state index is 9.21. The molecule has 0 bridgehead atoms. The fraction of sp³-hybridized carbons (Fsp3) is 0.588. The van der Waals surface area contributed by atoms with Crippen molar-refractivity contribution in [3.63, 3.8) is 0 Å². The summed E-state index contributed by atoms with van der Waals surface area (Å²) in [5.74, 6) is 0.633.